The second kappa shape index (κ2) is 6.63. The summed E-state index contributed by atoms with van der Waals surface area (Å²) in [4.78, 5) is 9.10. The van der Waals surface area contributed by atoms with Gasteiger partial charge in [0.1, 0.15) is 0 Å². The first-order chi connectivity index (χ1) is 12.9. The number of pyridine rings is 2. The Hall–Kier alpha value is -2.56. The zero-order valence-electron chi connectivity index (χ0n) is 13.8. The molecule has 3 heterocycles. The third kappa shape index (κ3) is 2.71. The number of hydrogen-bond donors (Lipinski definition) is 0. The van der Waals surface area contributed by atoms with Crippen molar-refractivity contribution >= 4 is 30.0 Å². The number of aromatic nitrogens is 2. The zero-order chi connectivity index (χ0) is 17.3. The molecule has 4 aromatic rings. The molecular weight excluding hydrogens is 517 g/mol. The van der Waals surface area contributed by atoms with Gasteiger partial charge in [-0.3, -0.25) is 0 Å². The van der Waals surface area contributed by atoms with Crippen LogP contribution in [0.2, 0.25) is 0 Å². The Kier molecular flexibility index (Phi) is 4.00. The van der Waals surface area contributed by atoms with Gasteiger partial charge in [-0.25, -0.2) is 0 Å². The fourth-order valence-corrected chi connectivity index (χ4v) is 7.70. The van der Waals surface area contributed by atoms with Gasteiger partial charge in [0.15, 0.2) is 0 Å². The van der Waals surface area contributed by atoms with E-state index in [4.69, 9.17) is 4.74 Å². The average Bonchev–Trinajstić information content (AvgIpc) is 2.72. The summed E-state index contributed by atoms with van der Waals surface area (Å²) in [6, 6.07) is 24.6. The van der Waals surface area contributed by atoms with E-state index in [-0.39, 0.29) is 0 Å². The van der Waals surface area contributed by atoms with E-state index < -0.39 is 23.6 Å². The molecule has 3 nitrogen and oxygen atoms in total. The van der Waals surface area contributed by atoms with Crippen molar-refractivity contribution in [2.24, 2.45) is 0 Å². The molecule has 0 unspecified atom stereocenters. The van der Waals surface area contributed by atoms with Gasteiger partial charge in [-0.2, -0.15) is 0 Å². The third-order valence-electron chi connectivity index (χ3n) is 4.26. The predicted molar refractivity (Wildman–Crippen MR) is 104 cm³/mol. The van der Waals surface area contributed by atoms with E-state index in [1.54, 1.807) is 0 Å². The van der Waals surface area contributed by atoms with Crippen LogP contribution in [0.3, 0.4) is 0 Å². The molecule has 0 radical (unpaired) electrons. The number of rotatable bonds is 2. The number of hydrogen-bond acceptors (Lipinski definition) is 3. The van der Waals surface area contributed by atoms with Crippen LogP contribution in [0, 0.1) is 0 Å². The Balaban J connectivity index is 1.66. The van der Waals surface area contributed by atoms with Gasteiger partial charge in [0.05, 0.1) is 0 Å². The predicted octanol–water partition coefficient (Wildman–Crippen LogP) is 3.57. The summed E-state index contributed by atoms with van der Waals surface area (Å²) < 4.78 is 8.96. The average molecular weight is 531 g/mol. The summed E-state index contributed by atoms with van der Waals surface area (Å²) in [5.41, 5.74) is 4.39. The molecule has 1 aliphatic rings. The van der Waals surface area contributed by atoms with Crippen LogP contribution in [0.25, 0.3) is 22.5 Å². The van der Waals surface area contributed by atoms with E-state index in [0.717, 1.165) is 22.9 Å². The first kappa shape index (κ1) is 15.7. The van der Waals surface area contributed by atoms with E-state index >= 15 is 0 Å². The summed E-state index contributed by atoms with van der Waals surface area (Å²) in [5.74, 6) is 1.95. The fraction of sp³-hybridized carbons (Fsp3) is 0. The Morgan fingerprint density at radius 1 is 0.577 bits per heavy atom. The van der Waals surface area contributed by atoms with Crippen LogP contribution in [0.15, 0.2) is 85.2 Å². The summed E-state index contributed by atoms with van der Waals surface area (Å²) in [6.45, 7) is 0. The van der Waals surface area contributed by atoms with Gasteiger partial charge in [-0.15, -0.1) is 0 Å². The molecule has 1 aliphatic heterocycles. The van der Waals surface area contributed by atoms with Crippen LogP contribution in [-0.4, -0.2) is 33.5 Å². The molecule has 0 saturated heterocycles. The van der Waals surface area contributed by atoms with Crippen LogP contribution in [-0.2, 0) is 0 Å². The van der Waals surface area contributed by atoms with E-state index in [2.05, 4.69) is 58.5 Å². The first-order valence-corrected chi connectivity index (χ1v) is 11.5. The quantitative estimate of drug-likeness (QED) is 0.350. The Morgan fingerprint density at radius 2 is 1.12 bits per heavy atom. The van der Waals surface area contributed by atoms with Gasteiger partial charge in [-0.1, -0.05) is 0 Å². The van der Waals surface area contributed by atoms with E-state index in [1.807, 2.05) is 36.7 Å². The standard InChI is InChI=1S/C22H14N2O.Po/c1-3-13-23-21(11-1)17-7-5-9-19(15-17)25-20-10-6-8-18(16-20)22-12-2-4-14-24-22;/h1-14H;. The van der Waals surface area contributed by atoms with Crippen LogP contribution in [0.1, 0.15) is 0 Å². The Labute approximate surface area is 163 Å². The molecule has 0 atom stereocenters. The van der Waals surface area contributed by atoms with Crippen molar-refractivity contribution in [3.63, 3.8) is 0 Å². The van der Waals surface area contributed by atoms with Crippen molar-refractivity contribution in [3.05, 3.63) is 85.2 Å². The van der Waals surface area contributed by atoms with Crippen LogP contribution in [0.5, 0.6) is 11.5 Å². The third-order valence-corrected chi connectivity index (χ3v) is 9.12. The second-order valence-corrected chi connectivity index (χ2v) is 9.87. The maximum absolute atomic E-state index is 6.29. The van der Waals surface area contributed by atoms with E-state index in [0.29, 0.717) is 0 Å². The molecule has 0 spiro atoms. The molecule has 4 heteroatoms. The number of fused-ring (bicyclic) bond motifs is 2. The molecule has 5 rings (SSSR count). The molecule has 124 valence electrons. The van der Waals surface area contributed by atoms with Gasteiger partial charge >= 0.3 is 164 Å². The van der Waals surface area contributed by atoms with Gasteiger partial charge in [-0.05, 0) is 0 Å². The molecular formula is C22H14N2OPo. The van der Waals surface area contributed by atoms with Crippen molar-refractivity contribution in [3.8, 4) is 34.0 Å². The first-order valence-electron chi connectivity index (χ1n) is 8.35. The van der Waals surface area contributed by atoms with E-state index in [9.17, 15) is 0 Å². The molecule has 0 fully saturated rings. The topological polar surface area (TPSA) is 35.0 Å². The Morgan fingerprint density at radius 3 is 1.58 bits per heavy atom. The van der Waals surface area contributed by atoms with Gasteiger partial charge in [0.25, 0.3) is 0 Å². The maximum atomic E-state index is 6.29. The second-order valence-electron chi connectivity index (χ2n) is 5.90. The van der Waals surface area contributed by atoms with Gasteiger partial charge in [0.2, 0.25) is 0 Å². The SMILES string of the molecule is c1ccc(-c2cccc3[c]2[Po][c]2c(cccc2-c2ccccn2)O3)nc1. The molecule has 2 aromatic carbocycles. The van der Waals surface area contributed by atoms with Crippen molar-refractivity contribution < 1.29 is 4.74 Å². The van der Waals surface area contributed by atoms with Crippen molar-refractivity contribution in [2.45, 2.75) is 0 Å². The van der Waals surface area contributed by atoms with Crippen LogP contribution < -0.4 is 11.2 Å². The number of benzene rings is 2. The monoisotopic (exact) mass is 531 g/mol. The molecule has 0 amide bonds. The minimum atomic E-state index is -1.05. The summed E-state index contributed by atoms with van der Waals surface area (Å²) in [7, 11) is 0. The van der Waals surface area contributed by atoms with E-state index in [1.165, 1.54) is 17.6 Å². The van der Waals surface area contributed by atoms with Crippen molar-refractivity contribution in [2.75, 3.05) is 0 Å². The van der Waals surface area contributed by atoms with Crippen LogP contribution >= 0.6 is 0 Å². The van der Waals surface area contributed by atoms with Gasteiger partial charge < -0.3 is 0 Å². The van der Waals surface area contributed by atoms with Crippen molar-refractivity contribution in [1.29, 1.82) is 0 Å². The normalized spacial score (nSPS) is 12.0. The molecule has 0 N–H and O–H groups in total. The summed E-state index contributed by atoms with van der Waals surface area (Å²) in [5, 5.41) is 0. The summed E-state index contributed by atoms with van der Waals surface area (Å²) >= 11 is -1.05. The summed E-state index contributed by atoms with van der Waals surface area (Å²) in [6.07, 6.45) is 3.69. The zero-order valence-corrected chi connectivity index (χ0v) is 17.0. The Bertz CT molecular complexity index is 995. The molecule has 2 aromatic heterocycles. The molecule has 0 bridgehead atoms. The molecule has 26 heavy (non-hydrogen) atoms. The number of ether oxygens (including phenoxy) is 1. The molecule has 0 aliphatic carbocycles. The van der Waals surface area contributed by atoms with Gasteiger partial charge in [0, 0.05) is 0 Å². The van der Waals surface area contributed by atoms with Crippen molar-refractivity contribution in [1.82, 2.24) is 9.97 Å². The molecule has 0 saturated carbocycles. The number of nitrogens with zero attached hydrogens (tertiary/aromatic N) is 2. The minimum absolute atomic E-state index is 0.976. The fourth-order valence-electron chi connectivity index (χ4n) is 3.07. The van der Waals surface area contributed by atoms with Crippen LogP contribution in [0.4, 0.5) is 0 Å².